The number of nitrogen functional groups attached to an aromatic ring is 1. The van der Waals surface area contributed by atoms with E-state index in [1.54, 1.807) is 36.4 Å². The van der Waals surface area contributed by atoms with Gasteiger partial charge in [-0.05, 0) is 30.3 Å². The quantitative estimate of drug-likeness (QED) is 0.837. The first-order chi connectivity index (χ1) is 10.1. The van der Waals surface area contributed by atoms with E-state index in [-0.39, 0.29) is 5.91 Å². The van der Waals surface area contributed by atoms with Crippen molar-refractivity contribution in [2.75, 3.05) is 24.3 Å². The molecule has 0 spiro atoms. The summed E-state index contributed by atoms with van der Waals surface area (Å²) in [4.78, 5) is 12.4. The van der Waals surface area contributed by atoms with Gasteiger partial charge in [0.1, 0.15) is 13.2 Å². The van der Waals surface area contributed by atoms with Crippen molar-refractivity contribution in [1.29, 1.82) is 0 Å². The van der Waals surface area contributed by atoms with Gasteiger partial charge in [0.05, 0.1) is 16.9 Å². The molecule has 5 nitrogen and oxygen atoms in total. The predicted octanol–water partition coefficient (Wildman–Crippen LogP) is 2.95. The van der Waals surface area contributed by atoms with E-state index in [0.29, 0.717) is 46.7 Å². The summed E-state index contributed by atoms with van der Waals surface area (Å²) >= 11 is 5.84. The number of benzene rings is 2. The third-order valence-corrected chi connectivity index (χ3v) is 3.31. The average Bonchev–Trinajstić information content (AvgIpc) is 2.49. The van der Waals surface area contributed by atoms with Gasteiger partial charge in [0.15, 0.2) is 11.5 Å². The number of para-hydroxylation sites is 1. The number of carbonyl (C=O) groups is 1. The van der Waals surface area contributed by atoms with Gasteiger partial charge in [-0.1, -0.05) is 17.7 Å². The van der Waals surface area contributed by atoms with Crippen LogP contribution in [0.15, 0.2) is 36.4 Å². The lowest BCUT2D eigenvalue weighted by molar-refractivity contribution is 0.101. The van der Waals surface area contributed by atoms with Crippen LogP contribution in [0.5, 0.6) is 11.5 Å². The van der Waals surface area contributed by atoms with E-state index in [4.69, 9.17) is 26.8 Å². The van der Waals surface area contributed by atoms with Crippen molar-refractivity contribution in [3.8, 4) is 11.5 Å². The minimum absolute atomic E-state index is 0.314. The fourth-order valence-corrected chi connectivity index (χ4v) is 2.27. The molecule has 0 atom stereocenters. The topological polar surface area (TPSA) is 73.6 Å². The van der Waals surface area contributed by atoms with Gasteiger partial charge in [0, 0.05) is 5.02 Å². The summed E-state index contributed by atoms with van der Waals surface area (Å²) in [5.41, 5.74) is 7.13. The molecule has 1 amide bonds. The summed E-state index contributed by atoms with van der Waals surface area (Å²) in [5.74, 6) is 0.707. The first-order valence-corrected chi connectivity index (χ1v) is 6.78. The third-order valence-electron chi connectivity index (χ3n) is 3.07. The molecule has 0 aromatic heterocycles. The third kappa shape index (κ3) is 2.73. The Morgan fingerprint density at radius 2 is 2.00 bits per heavy atom. The SMILES string of the molecule is Nc1cc(Cl)ccc1NC(=O)c1cccc2c1OCCO2. The molecular weight excluding hydrogens is 292 g/mol. The highest BCUT2D eigenvalue weighted by molar-refractivity contribution is 6.31. The molecule has 21 heavy (non-hydrogen) atoms. The molecule has 1 aliphatic heterocycles. The van der Waals surface area contributed by atoms with Crippen molar-refractivity contribution in [2.24, 2.45) is 0 Å². The molecule has 3 N–H and O–H groups in total. The number of rotatable bonds is 2. The van der Waals surface area contributed by atoms with Crippen LogP contribution in [0.3, 0.4) is 0 Å². The molecule has 0 aliphatic carbocycles. The zero-order valence-corrected chi connectivity index (χ0v) is 11.8. The summed E-state index contributed by atoms with van der Waals surface area (Å²) in [7, 11) is 0. The van der Waals surface area contributed by atoms with Crippen molar-refractivity contribution >= 4 is 28.9 Å². The molecule has 3 rings (SSSR count). The van der Waals surface area contributed by atoms with Crippen LogP contribution in [-0.2, 0) is 0 Å². The van der Waals surface area contributed by atoms with Crippen LogP contribution in [0, 0.1) is 0 Å². The largest absolute Gasteiger partial charge is 0.486 e. The normalized spacial score (nSPS) is 12.8. The van der Waals surface area contributed by atoms with Gasteiger partial charge in [0.2, 0.25) is 0 Å². The first kappa shape index (κ1) is 13.6. The molecule has 108 valence electrons. The molecule has 2 aromatic carbocycles. The fraction of sp³-hybridized carbons (Fsp3) is 0.133. The van der Waals surface area contributed by atoms with Gasteiger partial charge < -0.3 is 20.5 Å². The number of nitrogens with two attached hydrogens (primary N) is 1. The van der Waals surface area contributed by atoms with E-state index >= 15 is 0 Å². The minimum atomic E-state index is -0.314. The van der Waals surface area contributed by atoms with Crippen molar-refractivity contribution in [2.45, 2.75) is 0 Å². The van der Waals surface area contributed by atoms with E-state index in [0.717, 1.165) is 0 Å². The van der Waals surface area contributed by atoms with Crippen LogP contribution in [0.1, 0.15) is 10.4 Å². The maximum atomic E-state index is 12.4. The lowest BCUT2D eigenvalue weighted by Gasteiger charge is -2.20. The standard InChI is InChI=1S/C15H13ClN2O3/c16-9-4-5-12(11(17)8-9)18-15(19)10-2-1-3-13-14(10)21-7-6-20-13/h1-5,8H,6-7,17H2,(H,18,19). The number of hydrogen-bond acceptors (Lipinski definition) is 4. The average molecular weight is 305 g/mol. The molecular formula is C15H13ClN2O3. The fourth-order valence-electron chi connectivity index (χ4n) is 2.09. The number of amides is 1. The van der Waals surface area contributed by atoms with E-state index < -0.39 is 0 Å². The Bertz CT molecular complexity index is 703. The number of carbonyl (C=O) groups excluding carboxylic acids is 1. The zero-order valence-electron chi connectivity index (χ0n) is 11.1. The van der Waals surface area contributed by atoms with Crippen molar-refractivity contribution in [1.82, 2.24) is 0 Å². The van der Waals surface area contributed by atoms with Gasteiger partial charge in [-0.2, -0.15) is 0 Å². The minimum Gasteiger partial charge on any atom is -0.486 e. The lowest BCUT2D eigenvalue weighted by atomic mass is 10.1. The van der Waals surface area contributed by atoms with E-state index in [9.17, 15) is 4.79 Å². The molecule has 1 heterocycles. The number of hydrogen-bond donors (Lipinski definition) is 2. The molecule has 0 saturated heterocycles. The van der Waals surface area contributed by atoms with Crippen LogP contribution in [-0.4, -0.2) is 19.1 Å². The Morgan fingerprint density at radius 1 is 1.19 bits per heavy atom. The summed E-state index contributed by atoms with van der Waals surface area (Å²) in [6.45, 7) is 0.891. The number of anilines is 2. The second kappa shape index (κ2) is 5.54. The molecule has 6 heteroatoms. The lowest BCUT2D eigenvalue weighted by Crippen LogP contribution is -2.20. The first-order valence-electron chi connectivity index (χ1n) is 6.40. The molecule has 0 unspecified atom stereocenters. The van der Waals surface area contributed by atoms with Gasteiger partial charge in [-0.25, -0.2) is 0 Å². The van der Waals surface area contributed by atoms with Crippen LogP contribution < -0.4 is 20.5 Å². The smallest absolute Gasteiger partial charge is 0.259 e. The highest BCUT2D eigenvalue weighted by Gasteiger charge is 2.20. The Labute approximate surface area is 126 Å². The summed E-state index contributed by atoms with van der Waals surface area (Å²) in [5, 5.41) is 3.26. The molecule has 2 aromatic rings. The second-order valence-corrected chi connectivity index (χ2v) is 4.95. The predicted molar refractivity (Wildman–Crippen MR) is 81.2 cm³/mol. The Balaban J connectivity index is 1.89. The van der Waals surface area contributed by atoms with E-state index in [1.165, 1.54) is 0 Å². The molecule has 0 fully saturated rings. The van der Waals surface area contributed by atoms with Gasteiger partial charge >= 0.3 is 0 Å². The monoisotopic (exact) mass is 304 g/mol. The van der Waals surface area contributed by atoms with Gasteiger partial charge in [-0.15, -0.1) is 0 Å². The zero-order chi connectivity index (χ0) is 14.8. The Kier molecular flexibility index (Phi) is 3.58. The van der Waals surface area contributed by atoms with Crippen LogP contribution in [0.2, 0.25) is 5.02 Å². The molecule has 0 saturated carbocycles. The van der Waals surface area contributed by atoms with Crippen LogP contribution >= 0.6 is 11.6 Å². The Hall–Kier alpha value is -2.40. The van der Waals surface area contributed by atoms with Crippen molar-refractivity contribution in [3.63, 3.8) is 0 Å². The highest BCUT2D eigenvalue weighted by Crippen LogP contribution is 2.34. The van der Waals surface area contributed by atoms with E-state index in [1.807, 2.05) is 0 Å². The summed E-state index contributed by atoms with van der Waals surface area (Å²) < 4.78 is 11.0. The number of fused-ring (bicyclic) bond motifs is 1. The van der Waals surface area contributed by atoms with Crippen LogP contribution in [0.4, 0.5) is 11.4 Å². The van der Waals surface area contributed by atoms with Crippen molar-refractivity contribution in [3.05, 3.63) is 47.0 Å². The van der Waals surface area contributed by atoms with Gasteiger partial charge in [0.25, 0.3) is 5.91 Å². The maximum absolute atomic E-state index is 12.4. The highest BCUT2D eigenvalue weighted by atomic mass is 35.5. The number of ether oxygens (including phenoxy) is 2. The van der Waals surface area contributed by atoms with Crippen molar-refractivity contribution < 1.29 is 14.3 Å². The molecule has 0 radical (unpaired) electrons. The maximum Gasteiger partial charge on any atom is 0.259 e. The number of nitrogens with one attached hydrogen (secondary N) is 1. The van der Waals surface area contributed by atoms with Gasteiger partial charge in [-0.3, -0.25) is 4.79 Å². The number of halogens is 1. The van der Waals surface area contributed by atoms with Crippen LogP contribution in [0.25, 0.3) is 0 Å². The second-order valence-electron chi connectivity index (χ2n) is 4.52. The molecule has 0 bridgehead atoms. The summed E-state index contributed by atoms with van der Waals surface area (Å²) in [6, 6.07) is 10.1. The Morgan fingerprint density at radius 3 is 2.81 bits per heavy atom. The van der Waals surface area contributed by atoms with E-state index in [2.05, 4.69) is 5.32 Å². The summed E-state index contributed by atoms with van der Waals surface area (Å²) in [6.07, 6.45) is 0. The molecule has 1 aliphatic rings.